The van der Waals surface area contributed by atoms with Gasteiger partial charge in [0.15, 0.2) is 4.96 Å². The summed E-state index contributed by atoms with van der Waals surface area (Å²) < 4.78 is 2.04. The van der Waals surface area contributed by atoms with Crippen molar-refractivity contribution in [2.24, 2.45) is 0 Å². The van der Waals surface area contributed by atoms with E-state index in [1.165, 1.54) is 0 Å². The minimum Gasteiger partial charge on any atom is -0.297 e. The Labute approximate surface area is 119 Å². The summed E-state index contributed by atoms with van der Waals surface area (Å²) in [4.78, 5) is 10.8. The van der Waals surface area contributed by atoms with Gasteiger partial charge in [-0.2, -0.15) is 4.94 Å². The summed E-state index contributed by atoms with van der Waals surface area (Å²) in [6.45, 7) is 0. The summed E-state index contributed by atoms with van der Waals surface area (Å²) in [5.74, 6) is 0. The number of rotatable bonds is 2. The van der Waals surface area contributed by atoms with Crippen molar-refractivity contribution in [1.29, 1.82) is 0 Å². The molecule has 1 aromatic carbocycles. The Bertz CT molecular complexity index is 758. The molecule has 0 bridgehead atoms. The molecule has 100 valence electrons. The highest BCUT2D eigenvalue weighted by atomic mass is 32.1. The molecular weight excluding hydrogens is 272 g/mol. The van der Waals surface area contributed by atoms with Gasteiger partial charge in [-0.25, -0.2) is 15.5 Å². The maximum Gasteiger partial charge on any atom is 0.194 e. The zero-order valence-electron chi connectivity index (χ0n) is 10.8. The fourth-order valence-electron chi connectivity index (χ4n) is 2.18. The van der Waals surface area contributed by atoms with Gasteiger partial charge in [-0.3, -0.25) is 4.40 Å². The van der Waals surface area contributed by atoms with Crippen LogP contribution in [-0.2, 0) is 4.94 Å². The van der Waals surface area contributed by atoms with Gasteiger partial charge in [0, 0.05) is 35.9 Å². The molecule has 0 aliphatic carbocycles. The second-order valence-electron chi connectivity index (χ2n) is 4.58. The number of hydrogen-bond donors (Lipinski definition) is 1. The Hall–Kier alpha value is -2.31. The van der Waals surface area contributed by atoms with Crippen LogP contribution in [0.2, 0.25) is 0 Å². The van der Waals surface area contributed by atoms with Gasteiger partial charge in [-0.1, -0.05) is 24.3 Å². The molecule has 1 N–H and O–H groups in total. The number of fused-ring (bicyclic) bond motifs is 1. The molecular formula is C14H12N4OS. The van der Waals surface area contributed by atoms with Gasteiger partial charge >= 0.3 is 0 Å². The number of hydroxylamine groups is 3. The third-order valence-electron chi connectivity index (χ3n) is 3.20. The van der Waals surface area contributed by atoms with Crippen LogP contribution in [0, 0.1) is 0 Å². The first kappa shape index (κ1) is 11.5. The van der Waals surface area contributed by atoms with E-state index in [-0.39, 0.29) is 0 Å². The summed E-state index contributed by atoms with van der Waals surface area (Å²) >= 11 is 1.64. The highest BCUT2D eigenvalue weighted by molar-refractivity contribution is 7.15. The van der Waals surface area contributed by atoms with Crippen LogP contribution >= 0.6 is 11.3 Å². The monoisotopic (exact) mass is 284 g/mol. The third-order valence-corrected chi connectivity index (χ3v) is 3.97. The molecule has 2 aromatic heterocycles. The van der Waals surface area contributed by atoms with E-state index in [1.54, 1.807) is 16.4 Å². The Kier molecular flexibility index (Phi) is 2.51. The van der Waals surface area contributed by atoms with Gasteiger partial charge in [-0.15, -0.1) is 11.3 Å². The topological polar surface area (TPSA) is 41.8 Å². The number of nitrogens with one attached hydrogen (secondary N) is 1. The smallest absolute Gasteiger partial charge is 0.194 e. The van der Waals surface area contributed by atoms with Gasteiger partial charge in [0.2, 0.25) is 0 Å². The SMILES string of the molecule is CN1C=C(c2ccc(-c3cn4ccsc4n3)cc2)NO1. The average molecular weight is 284 g/mol. The normalized spacial score (nSPS) is 14.7. The quantitative estimate of drug-likeness (QED) is 0.785. The van der Waals surface area contributed by atoms with Crippen molar-refractivity contribution in [3.05, 3.63) is 53.8 Å². The first-order chi connectivity index (χ1) is 9.79. The van der Waals surface area contributed by atoms with Crippen molar-refractivity contribution in [3.8, 4) is 11.3 Å². The Morgan fingerprint density at radius 2 is 2.00 bits per heavy atom. The Morgan fingerprint density at radius 3 is 2.70 bits per heavy atom. The van der Waals surface area contributed by atoms with Crippen LogP contribution < -0.4 is 5.48 Å². The van der Waals surface area contributed by atoms with Crippen LogP contribution in [0.3, 0.4) is 0 Å². The number of hydrogen-bond acceptors (Lipinski definition) is 5. The van der Waals surface area contributed by atoms with Crippen molar-refractivity contribution in [2.75, 3.05) is 7.05 Å². The fraction of sp³-hybridized carbons (Fsp3) is 0.0714. The molecule has 0 unspecified atom stereocenters. The summed E-state index contributed by atoms with van der Waals surface area (Å²) in [7, 11) is 1.84. The number of thiazole rings is 1. The van der Waals surface area contributed by atoms with E-state index in [0.717, 1.165) is 27.5 Å². The van der Waals surface area contributed by atoms with E-state index >= 15 is 0 Å². The molecule has 6 heteroatoms. The molecule has 1 aliphatic rings. The molecule has 5 nitrogen and oxygen atoms in total. The largest absolute Gasteiger partial charge is 0.297 e. The van der Waals surface area contributed by atoms with E-state index in [1.807, 2.05) is 35.4 Å². The lowest BCUT2D eigenvalue weighted by Gasteiger charge is -2.03. The zero-order chi connectivity index (χ0) is 13.5. The van der Waals surface area contributed by atoms with Crippen molar-refractivity contribution < 1.29 is 4.94 Å². The van der Waals surface area contributed by atoms with Crippen molar-refractivity contribution in [2.45, 2.75) is 0 Å². The van der Waals surface area contributed by atoms with Crippen LogP contribution in [0.1, 0.15) is 5.56 Å². The van der Waals surface area contributed by atoms with E-state index in [2.05, 4.69) is 34.7 Å². The number of benzene rings is 1. The number of nitrogens with zero attached hydrogens (tertiary/aromatic N) is 3. The second-order valence-corrected chi connectivity index (χ2v) is 5.45. The van der Waals surface area contributed by atoms with Crippen molar-refractivity contribution in [1.82, 2.24) is 19.9 Å². The van der Waals surface area contributed by atoms with Crippen LogP contribution in [0.4, 0.5) is 0 Å². The molecule has 4 rings (SSSR count). The summed E-state index contributed by atoms with van der Waals surface area (Å²) in [5, 5.41) is 3.66. The van der Waals surface area contributed by atoms with E-state index < -0.39 is 0 Å². The van der Waals surface area contributed by atoms with Gasteiger partial charge in [0.25, 0.3) is 0 Å². The zero-order valence-corrected chi connectivity index (χ0v) is 11.6. The highest BCUT2D eigenvalue weighted by Crippen LogP contribution is 2.24. The summed E-state index contributed by atoms with van der Waals surface area (Å²) in [6.07, 6.45) is 5.97. The van der Waals surface area contributed by atoms with Crippen LogP contribution in [-0.4, -0.2) is 21.5 Å². The van der Waals surface area contributed by atoms with Crippen molar-refractivity contribution >= 4 is 22.0 Å². The van der Waals surface area contributed by atoms with E-state index in [9.17, 15) is 0 Å². The summed E-state index contributed by atoms with van der Waals surface area (Å²) in [6, 6.07) is 8.26. The third kappa shape index (κ3) is 1.86. The standard InChI is InChI=1S/C14H12N4OS/c1-17-8-13(16-19-17)11-4-2-10(3-5-11)12-9-18-6-7-20-14(18)15-12/h2-9,16H,1H3. The molecule has 0 spiro atoms. The first-order valence-electron chi connectivity index (χ1n) is 6.20. The molecule has 0 saturated carbocycles. The maximum atomic E-state index is 5.14. The second kappa shape index (κ2) is 4.36. The van der Waals surface area contributed by atoms with E-state index in [0.29, 0.717) is 0 Å². The van der Waals surface area contributed by atoms with Gasteiger partial charge in [0.1, 0.15) is 0 Å². The number of imidazole rings is 1. The first-order valence-corrected chi connectivity index (χ1v) is 7.08. The Morgan fingerprint density at radius 1 is 1.20 bits per heavy atom. The van der Waals surface area contributed by atoms with Crippen LogP contribution in [0.15, 0.2) is 48.2 Å². The minimum absolute atomic E-state index is 0.949. The predicted octanol–water partition coefficient (Wildman–Crippen LogP) is 2.74. The van der Waals surface area contributed by atoms with Gasteiger partial charge in [-0.05, 0) is 0 Å². The van der Waals surface area contributed by atoms with Gasteiger partial charge < -0.3 is 0 Å². The molecule has 3 aromatic rings. The van der Waals surface area contributed by atoms with Crippen LogP contribution in [0.5, 0.6) is 0 Å². The fourth-order valence-corrected chi connectivity index (χ4v) is 2.88. The van der Waals surface area contributed by atoms with Crippen LogP contribution in [0.25, 0.3) is 21.9 Å². The molecule has 0 saturated heterocycles. The average Bonchev–Trinajstić information content (AvgIpc) is 3.13. The molecule has 0 radical (unpaired) electrons. The molecule has 0 amide bonds. The molecule has 20 heavy (non-hydrogen) atoms. The van der Waals surface area contributed by atoms with Gasteiger partial charge in [0.05, 0.1) is 17.6 Å². The molecule has 0 atom stereocenters. The lowest BCUT2D eigenvalue weighted by molar-refractivity contribution is -0.121. The lowest BCUT2D eigenvalue weighted by Crippen LogP contribution is -2.12. The van der Waals surface area contributed by atoms with Crippen molar-refractivity contribution in [3.63, 3.8) is 0 Å². The maximum absolute atomic E-state index is 5.14. The molecule has 0 fully saturated rings. The number of aromatic nitrogens is 2. The highest BCUT2D eigenvalue weighted by Gasteiger charge is 2.11. The Balaban J connectivity index is 1.67. The minimum atomic E-state index is 0.949. The summed E-state index contributed by atoms with van der Waals surface area (Å²) in [5.41, 5.74) is 7.00. The lowest BCUT2D eigenvalue weighted by atomic mass is 10.1. The predicted molar refractivity (Wildman–Crippen MR) is 78.5 cm³/mol. The molecule has 3 heterocycles. The molecule has 1 aliphatic heterocycles. The van der Waals surface area contributed by atoms with E-state index in [4.69, 9.17) is 4.94 Å².